The molecule has 202 valence electrons. The van der Waals surface area contributed by atoms with Crippen molar-refractivity contribution < 1.29 is 30.0 Å². The van der Waals surface area contributed by atoms with Gasteiger partial charge in [0.15, 0.2) is 6.29 Å². The van der Waals surface area contributed by atoms with E-state index in [0.717, 1.165) is 5.69 Å². The van der Waals surface area contributed by atoms with Gasteiger partial charge in [-0.2, -0.15) is 5.10 Å². The molecule has 0 radical (unpaired) electrons. The molecule has 0 aliphatic carbocycles. The van der Waals surface area contributed by atoms with Gasteiger partial charge >= 0.3 is 11.9 Å². The summed E-state index contributed by atoms with van der Waals surface area (Å²) >= 11 is 0. The standard InChI is InChI=1S/C23H34N8O6/c32-21(33)14-29-6-4-28(13-18-2-1-3-19(27-18)20-12-25-26-17-24-20)5-7-30(15-22(34)35)9-11-31(10-8-29)16-23(36)37/h1-3,12,17,23,36-37H,4-11,13-16H2,(H,32,33)(H,34,35). The van der Waals surface area contributed by atoms with Gasteiger partial charge in [0.1, 0.15) is 12.0 Å². The van der Waals surface area contributed by atoms with E-state index >= 15 is 0 Å². The molecular weight excluding hydrogens is 484 g/mol. The molecule has 4 N–H and O–H groups in total. The van der Waals surface area contributed by atoms with Gasteiger partial charge in [-0.15, -0.1) is 5.10 Å². The molecule has 0 atom stereocenters. The van der Waals surface area contributed by atoms with Crippen LogP contribution in [0, 0.1) is 0 Å². The molecule has 1 aliphatic rings. The number of aliphatic carboxylic acids is 2. The number of pyridine rings is 1. The van der Waals surface area contributed by atoms with Gasteiger partial charge in [0, 0.05) is 65.4 Å². The van der Waals surface area contributed by atoms with Crippen molar-refractivity contribution in [3.63, 3.8) is 0 Å². The number of hydrogen-bond acceptors (Lipinski definition) is 12. The van der Waals surface area contributed by atoms with E-state index in [9.17, 15) is 30.0 Å². The molecule has 0 aromatic carbocycles. The van der Waals surface area contributed by atoms with Crippen molar-refractivity contribution in [1.82, 2.24) is 39.8 Å². The summed E-state index contributed by atoms with van der Waals surface area (Å²) in [7, 11) is 0. The van der Waals surface area contributed by atoms with Crippen LogP contribution < -0.4 is 0 Å². The third kappa shape index (κ3) is 10.4. The summed E-state index contributed by atoms with van der Waals surface area (Å²) in [5.41, 5.74) is 2.05. The molecule has 14 nitrogen and oxygen atoms in total. The van der Waals surface area contributed by atoms with Crippen LogP contribution in [0.15, 0.2) is 30.7 Å². The predicted molar refractivity (Wildman–Crippen MR) is 131 cm³/mol. The van der Waals surface area contributed by atoms with Crippen LogP contribution in [0.3, 0.4) is 0 Å². The first-order valence-electron chi connectivity index (χ1n) is 12.1. The van der Waals surface area contributed by atoms with Gasteiger partial charge in [0.25, 0.3) is 0 Å². The maximum absolute atomic E-state index is 11.5. The summed E-state index contributed by atoms with van der Waals surface area (Å²) < 4.78 is 0. The Hall–Kier alpha value is -3.14. The molecule has 3 heterocycles. The van der Waals surface area contributed by atoms with E-state index in [2.05, 4.69) is 20.1 Å². The van der Waals surface area contributed by atoms with Gasteiger partial charge in [-0.25, -0.2) is 9.97 Å². The number of aliphatic hydroxyl groups excluding tert-OH is 1. The Morgan fingerprint density at radius 2 is 1.35 bits per heavy atom. The quantitative estimate of drug-likeness (QED) is 0.271. The number of carboxylic acid groups (broad SMARTS) is 2. The number of β-amino-alcohol motifs (C(OH)–C–C–N with tert-alkyl or cyclic N) is 2. The van der Waals surface area contributed by atoms with Crippen LogP contribution in [0.25, 0.3) is 11.4 Å². The molecule has 3 rings (SSSR count). The van der Waals surface area contributed by atoms with Gasteiger partial charge in [-0.1, -0.05) is 6.07 Å². The van der Waals surface area contributed by atoms with E-state index in [1.54, 1.807) is 0 Å². The summed E-state index contributed by atoms with van der Waals surface area (Å²) in [6, 6.07) is 5.62. The minimum atomic E-state index is -1.54. The number of rotatable bonds is 9. The molecule has 0 amide bonds. The SMILES string of the molecule is O=C(O)CN1CCN(Cc2cccc(-c3cnncn3)n2)CCN(CC(=O)O)CCN(CC(O)O)CC1. The maximum atomic E-state index is 11.5. The van der Waals surface area contributed by atoms with Crippen LogP contribution in [-0.2, 0) is 16.1 Å². The summed E-state index contributed by atoms with van der Waals surface area (Å²) in [6.45, 7) is 3.90. The normalized spacial score (nSPS) is 17.8. The molecule has 2 aromatic heterocycles. The molecule has 14 heteroatoms. The van der Waals surface area contributed by atoms with Crippen molar-refractivity contribution in [2.45, 2.75) is 12.8 Å². The number of nitrogens with zero attached hydrogens (tertiary/aromatic N) is 8. The van der Waals surface area contributed by atoms with E-state index in [1.165, 1.54) is 12.5 Å². The smallest absolute Gasteiger partial charge is 0.317 e. The molecule has 1 aliphatic heterocycles. The molecule has 0 bridgehead atoms. The zero-order chi connectivity index (χ0) is 26.6. The van der Waals surface area contributed by atoms with Crippen molar-refractivity contribution in [2.75, 3.05) is 72.0 Å². The van der Waals surface area contributed by atoms with Crippen LogP contribution in [0.1, 0.15) is 5.69 Å². The lowest BCUT2D eigenvalue weighted by Crippen LogP contribution is -2.48. The Labute approximate surface area is 214 Å². The van der Waals surface area contributed by atoms with Gasteiger partial charge in [-0.3, -0.25) is 29.2 Å². The summed E-state index contributed by atoms with van der Waals surface area (Å²) in [6.07, 6.45) is 1.36. The van der Waals surface area contributed by atoms with Crippen molar-refractivity contribution in [2.24, 2.45) is 0 Å². The van der Waals surface area contributed by atoms with Gasteiger partial charge < -0.3 is 20.4 Å². The fourth-order valence-corrected chi connectivity index (χ4v) is 4.16. The summed E-state index contributed by atoms with van der Waals surface area (Å²) in [4.78, 5) is 39.4. The lowest BCUT2D eigenvalue weighted by molar-refractivity contribution is -0.139. The molecule has 1 fully saturated rings. The number of aliphatic hydroxyl groups is 2. The molecule has 2 aromatic rings. The first-order chi connectivity index (χ1) is 17.8. The molecule has 1 saturated heterocycles. The second-order valence-corrected chi connectivity index (χ2v) is 8.90. The van der Waals surface area contributed by atoms with E-state index < -0.39 is 18.2 Å². The van der Waals surface area contributed by atoms with Crippen LogP contribution >= 0.6 is 0 Å². The highest BCUT2D eigenvalue weighted by atomic mass is 16.5. The third-order valence-electron chi connectivity index (χ3n) is 6.02. The summed E-state index contributed by atoms with van der Waals surface area (Å²) in [5, 5.41) is 45.2. The van der Waals surface area contributed by atoms with Crippen molar-refractivity contribution in [1.29, 1.82) is 0 Å². The van der Waals surface area contributed by atoms with Crippen LogP contribution in [0.4, 0.5) is 0 Å². The zero-order valence-electron chi connectivity index (χ0n) is 20.6. The maximum Gasteiger partial charge on any atom is 0.317 e. The Morgan fingerprint density at radius 3 is 1.86 bits per heavy atom. The summed E-state index contributed by atoms with van der Waals surface area (Å²) in [5.74, 6) is -1.87. The minimum Gasteiger partial charge on any atom is -0.480 e. The van der Waals surface area contributed by atoms with E-state index in [-0.39, 0.29) is 19.6 Å². The molecular formula is C23H34N8O6. The van der Waals surface area contributed by atoms with Gasteiger partial charge in [-0.05, 0) is 12.1 Å². The Balaban J connectivity index is 1.76. The number of carbonyl (C=O) groups is 2. The second-order valence-electron chi connectivity index (χ2n) is 8.90. The molecule has 0 saturated carbocycles. The Morgan fingerprint density at radius 1 is 0.784 bits per heavy atom. The van der Waals surface area contributed by atoms with Gasteiger partial charge in [0.2, 0.25) is 0 Å². The first kappa shape index (κ1) is 28.4. The average molecular weight is 519 g/mol. The number of hydrogen-bond donors (Lipinski definition) is 4. The highest BCUT2D eigenvalue weighted by molar-refractivity contribution is 5.69. The zero-order valence-corrected chi connectivity index (χ0v) is 20.6. The van der Waals surface area contributed by atoms with E-state index in [4.69, 9.17) is 4.98 Å². The number of aromatic nitrogens is 4. The monoisotopic (exact) mass is 518 g/mol. The number of carboxylic acids is 2. The van der Waals surface area contributed by atoms with Gasteiger partial charge in [0.05, 0.1) is 30.7 Å². The molecule has 0 spiro atoms. The highest BCUT2D eigenvalue weighted by Crippen LogP contribution is 2.14. The van der Waals surface area contributed by atoms with Crippen molar-refractivity contribution in [3.8, 4) is 11.4 Å². The Bertz CT molecular complexity index is 966. The van der Waals surface area contributed by atoms with E-state index in [0.29, 0.717) is 70.3 Å². The van der Waals surface area contributed by atoms with Crippen LogP contribution in [0.5, 0.6) is 0 Å². The van der Waals surface area contributed by atoms with Crippen LogP contribution in [-0.4, -0.2) is 150 Å². The predicted octanol–water partition coefficient (Wildman–Crippen LogP) is -1.86. The average Bonchev–Trinajstić information content (AvgIpc) is 2.85. The lowest BCUT2D eigenvalue weighted by Gasteiger charge is -2.33. The molecule has 0 unspecified atom stereocenters. The van der Waals surface area contributed by atoms with Crippen molar-refractivity contribution in [3.05, 3.63) is 36.4 Å². The topological polar surface area (TPSA) is 180 Å². The lowest BCUT2D eigenvalue weighted by atomic mass is 10.2. The second kappa shape index (κ2) is 14.6. The van der Waals surface area contributed by atoms with Crippen molar-refractivity contribution >= 4 is 11.9 Å². The van der Waals surface area contributed by atoms with E-state index in [1.807, 2.05) is 32.9 Å². The third-order valence-corrected chi connectivity index (χ3v) is 6.02. The largest absolute Gasteiger partial charge is 0.480 e. The van der Waals surface area contributed by atoms with Crippen LogP contribution in [0.2, 0.25) is 0 Å². The molecule has 37 heavy (non-hydrogen) atoms. The fraction of sp³-hybridized carbons (Fsp3) is 0.565. The Kier molecular flexibility index (Phi) is 11.2. The minimum absolute atomic E-state index is 0.00217. The fourth-order valence-electron chi connectivity index (χ4n) is 4.16. The first-order valence-corrected chi connectivity index (χ1v) is 12.1. The highest BCUT2D eigenvalue weighted by Gasteiger charge is 2.20.